The Hall–Kier alpha value is -1.17. The minimum Gasteiger partial charge on any atom is -0.480 e. The molecule has 5 heteroatoms. The third-order valence-electron chi connectivity index (χ3n) is 2.62. The number of hydrogen-bond acceptors (Lipinski definition) is 4. The van der Waals surface area contributed by atoms with Crippen LogP contribution in [0.4, 0.5) is 0 Å². The average molecular weight is 281 g/mol. The van der Waals surface area contributed by atoms with E-state index >= 15 is 0 Å². The van der Waals surface area contributed by atoms with E-state index in [1.54, 1.807) is 22.7 Å². The van der Waals surface area contributed by atoms with Crippen molar-refractivity contribution in [3.8, 4) is 0 Å². The molecular weight excluding hydrogens is 266 g/mol. The van der Waals surface area contributed by atoms with Crippen LogP contribution in [-0.2, 0) is 17.8 Å². The zero-order chi connectivity index (χ0) is 13.0. The minimum atomic E-state index is -0.823. The zero-order valence-electron chi connectivity index (χ0n) is 10.1. The van der Waals surface area contributed by atoms with Crippen LogP contribution in [0.15, 0.2) is 29.6 Å². The highest BCUT2D eigenvalue weighted by atomic mass is 32.1. The topological polar surface area (TPSA) is 49.3 Å². The summed E-state index contributed by atoms with van der Waals surface area (Å²) in [6, 6.07) is 7.27. The van der Waals surface area contributed by atoms with E-state index in [9.17, 15) is 9.90 Å². The summed E-state index contributed by atoms with van der Waals surface area (Å²) in [5.41, 5.74) is 0. The van der Waals surface area contributed by atoms with Crippen molar-refractivity contribution in [3.63, 3.8) is 0 Å². The predicted octanol–water partition coefficient (Wildman–Crippen LogP) is 3.29. The Bertz CT molecular complexity index is 505. The van der Waals surface area contributed by atoms with Crippen LogP contribution >= 0.6 is 22.7 Å². The second-order valence-corrected chi connectivity index (χ2v) is 6.12. The van der Waals surface area contributed by atoms with Crippen molar-refractivity contribution in [1.29, 1.82) is 0 Å². The van der Waals surface area contributed by atoms with Crippen LogP contribution in [0.2, 0.25) is 0 Å². The molecular formula is C13H15NO2S2. The molecule has 0 bridgehead atoms. The Morgan fingerprint density at radius 2 is 2.22 bits per heavy atom. The number of carbonyl (C=O) groups is 1. The average Bonchev–Trinajstić information content (AvgIpc) is 2.99. The van der Waals surface area contributed by atoms with Crippen LogP contribution < -0.4 is 5.32 Å². The van der Waals surface area contributed by atoms with Gasteiger partial charge in [0.25, 0.3) is 0 Å². The SMILES string of the molecule is CCc1ccc(C(NCc2cccs2)C(=O)O)s1. The van der Waals surface area contributed by atoms with E-state index in [2.05, 4.69) is 12.2 Å². The van der Waals surface area contributed by atoms with E-state index in [1.807, 2.05) is 29.6 Å². The molecule has 0 spiro atoms. The van der Waals surface area contributed by atoms with Crippen LogP contribution in [0, 0.1) is 0 Å². The van der Waals surface area contributed by atoms with Crippen LogP contribution in [0.3, 0.4) is 0 Å². The number of thiophene rings is 2. The lowest BCUT2D eigenvalue weighted by atomic mass is 10.2. The molecule has 2 heterocycles. The molecule has 1 atom stereocenters. The van der Waals surface area contributed by atoms with E-state index in [1.165, 1.54) is 4.88 Å². The molecule has 0 aliphatic heterocycles. The molecule has 2 N–H and O–H groups in total. The monoisotopic (exact) mass is 281 g/mol. The van der Waals surface area contributed by atoms with E-state index in [0.717, 1.165) is 16.2 Å². The van der Waals surface area contributed by atoms with Gasteiger partial charge in [-0.1, -0.05) is 13.0 Å². The first-order chi connectivity index (χ1) is 8.70. The smallest absolute Gasteiger partial charge is 0.326 e. The Morgan fingerprint density at radius 1 is 1.39 bits per heavy atom. The molecule has 3 nitrogen and oxygen atoms in total. The van der Waals surface area contributed by atoms with E-state index in [4.69, 9.17) is 0 Å². The standard InChI is InChI=1S/C13H15NO2S2/c1-2-9-5-6-11(18-9)12(13(15)16)14-8-10-4-3-7-17-10/h3-7,12,14H,2,8H2,1H3,(H,15,16). The second-order valence-electron chi connectivity index (χ2n) is 3.89. The van der Waals surface area contributed by atoms with Crippen LogP contribution in [0.25, 0.3) is 0 Å². The predicted molar refractivity (Wildman–Crippen MR) is 75.2 cm³/mol. The lowest BCUT2D eigenvalue weighted by Gasteiger charge is -2.11. The number of nitrogens with one attached hydrogen (secondary N) is 1. The number of aliphatic carboxylic acids is 1. The Labute approximate surface area is 114 Å². The summed E-state index contributed by atoms with van der Waals surface area (Å²) in [6.07, 6.45) is 0.946. The molecule has 2 aromatic heterocycles. The summed E-state index contributed by atoms with van der Waals surface area (Å²) >= 11 is 3.20. The maximum atomic E-state index is 11.3. The highest BCUT2D eigenvalue weighted by molar-refractivity contribution is 7.12. The lowest BCUT2D eigenvalue weighted by Crippen LogP contribution is -2.27. The number of hydrogen-bond donors (Lipinski definition) is 2. The normalized spacial score (nSPS) is 12.5. The van der Waals surface area contributed by atoms with E-state index in [-0.39, 0.29) is 0 Å². The molecule has 96 valence electrons. The van der Waals surface area contributed by atoms with Crippen molar-refractivity contribution in [3.05, 3.63) is 44.3 Å². The van der Waals surface area contributed by atoms with Gasteiger partial charge in [-0.05, 0) is 30.0 Å². The maximum Gasteiger partial charge on any atom is 0.326 e. The van der Waals surface area contributed by atoms with Gasteiger partial charge in [0.2, 0.25) is 0 Å². The third kappa shape index (κ3) is 3.19. The number of rotatable bonds is 6. The van der Waals surface area contributed by atoms with Gasteiger partial charge in [0.15, 0.2) is 0 Å². The van der Waals surface area contributed by atoms with Crippen molar-refractivity contribution in [2.75, 3.05) is 0 Å². The van der Waals surface area contributed by atoms with Crippen molar-refractivity contribution in [2.45, 2.75) is 25.9 Å². The van der Waals surface area contributed by atoms with Gasteiger partial charge in [0.05, 0.1) is 0 Å². The summed E-state index contributed by atoms with van der Waals surface area (Å²) in [6.45, 7) is 2.67. The molecule has 0 saturated carbocycles. The van der Waals surface area contributed by atoms with Gasteiger partial charge in [-0.2, -0.15) is 0 Å². The van der Waals surface area contributed by atoms with E-state index in [0.29, 0.717) is 6.54 Å². The fraction of sp³-hybridized carbons (Fsp3) is 0.308. The first kappa shape index (κ1) is 13.3. The lowest BCUT2D eigenvalue weighted by molar-refractivity contribution is -0.139. The quantitative estimate of drug-likeness (QED) is 0.854. The second kappa shape index (κ2) is 6.13. The molecule has 0 aromatic carbocycles. The fourth-order valence-electron chi connectivity index (χ4n) is 1.67. The molecule has 2 aromatic rings. The van der Waals surface area contributed by atoms with Gasteiger partial charge in [-0.15, -0.1) is 22.7 Å². The number of aryl methyl sites for hydroxylation is 1. The molecule has 1 unspecified atom stereocenters. The molecule has 0 aliphatic carbocycles. The fourth-order valence-corrected chi connectivity index (χ4v) is 3.34. The Kier molecular flexibility index (Phi) is 4.52. The third-order valence-corrected chi connectivity index (χ3v) is 4.79. The molecule has 0 radical (unpaired) electrons. The molecule has 0 fully saturated rings. The molecule has 0 aliphatic rings. The van der Waals surface area contributed by atoms with Crippen LogP contribution in [0.5, 0.6) is 0 Å². The van der Waals surface area contributed by atoms with Crippen molar-refractivity contribution < 1.29 is 9.90 Å². The van der Waals surface area contributed by atoms with E-state index < -0.39 is 12.0 Å². The summed E-state index contributed by atoms with van der Waals surface area (Å²) in [5, 5.41) is 14.4. The zero-order valence-corrected chi connectivity index (χ0v) is 11.7. The molecule has 2 rings (SSSR count). The van der Waals surface area contributed by atoms with Crippen LogP contribution in [-0.4, -0.2) is 11.1 Å². The van der Waals surface area contributed by atoms with Gasteiger partial charge in [-0.3, -0.25) is 10.1 Å². The molecule has 18 heavy (non-hydrogen) atoms. The largest absolute Gasteiger partial charge is 0.480 e. The summed E-state index contributed by atoms with van der Waals surface area (Å²) in [4.78, 5) is 14.5. The van der Waals surface area contributed by atoms with Gasteiger partial charge in [0, 0.05) is 21.2 Å². The Morgan fingerprint density at radius 3 is 2.78 bits per heavy atom. The first-order valence-corrected chi connectivity index (χ1v) is 7.47. The maximum absolute atomic E-state index is 11.3. The van der Waals surface area contributed by atoms with Gasteiger partial charge in [-0.25, -0.2) is 0 Å². The highest BCUT2D eigenvalue weighted by Crippen LogP contribution is 2.24. The Balaban J connectivity index is 2.06. The van der Waals surface area contributed by atoms with Gasteiger partial charge >= 0.3 is 5.97 Å². The first-order valence-electron chi connectivity index (χ1n) is 5.78. The van der Waals surface area contributed by atoms with Crippen molar-refractivity contribution in [2.24, 2.45) is 0 Å². The summed E-state index contributed by atoms with van der Waals surface area (Å²) in [7, 11) is 0. The van der Waals surface area contributed by atoms with Crippen molar-refractivity contribution >= 4 is 28.6 Å². The van der Waals surface area contributed by atoms with Gasteiger partial charge < -0.3 is 5.11 Å². The summed E-state index contributed by atoms with van der Waals surface area (Å²) < 4.78 is 0. The van der Waals surface area contributed by atoms with Crippen molar-refractivity contribution in [1.82, 2.24) is 5.32 Å². The van der Waals surface area contributed by atoms with Gasteiger partial charge in [0.1, 0.15) is 6.04 Å². The minimum absolute atomic E-state index is 0.591. The number of carboxylic acids is 1. The molecule has 0 amide bonds. The molecule has 0 saturated heterocycles. The number of carboxylic acid groups (broad SMARTS) is 1. The van der Waals surface area contributed by atoms with Crippen LogP contribution in [0.1, 0.15) is 27.6 Å². The summed E-state index contributed by atoms with van der Waals surface area (Å²) in [5.74, 6) is -0.823. The highest BCUT2D eigenvalue weighted by Gasteiger charge is 2.20.